The SMILES string of the molecule is O=C(CSc1nc2ccccc2o1)N1CCC(N2CCc3ccccc3C2)C1. The maximum absolute atomic E-state index is 12.7. The molecule has 3 aromatic rings. The number of likely N-dealkylation sites (tertiary alicyclic amines) is 1. The third-order valence-electron chi connectivity index (χ3n) is 5.79. The number of hydrogen-bond acceptors (Lipinski definition) is 5. The lowest BCUT2D eigenvalue weighted by Crippen LogP contribution is -2.41. The van der Waals surface area contributed by atoms with Gasteiger partial charge in [-0.25, -0.2) is 4.98 Å². The summed E-state index contributed by atoms with van der Waals surface area (Å²) in [6, 6.07) is 16.9. The molecule has 1 aromatic heterocycles. The highest BCUT2D eigenvalue weighted by Crippen LogP contribution is 2.26. The summed E-state index contributed by atoms with van der Waals surface area (Å²) in [6.07, 6.45) is 2.16. The minimum absolute atomic E-state index is 0.173. The van der Waals surface area contributed by atoms with Gasteiger partial charge in [0, 0.05) is 32.2 Å². The van der Waals surface area contributed by atoms with Crippen molar-refractivity contribution in [3.8, 4) is 0 Å². The molecule has 0 aliphatic carbocycles. The first-order chi connectivity index (χ1) is 13.8. The molecule has 1 unspecified atom stereocenters. The van der Waals surface area contributed by atoms with Gasteiger partial charge >= 0.3 is 0 Å². The number of carbonyl (C=O) groups is 1. The fraction of sp³-hybridized carbons (Fsp3) is 0.364. The van der Waals surface area contributed by atoms with Crippen molar-refractivity contribution in [1.29, 1.82) is 0 Å². The monoisotopic (exact) mass is 393 g/mol. The predicted molar refractivity (Wildman–Crippen MR) is 110 cm³/mol. The first-order valence-electron chi connectivity index (χ1n) is 9.83. The van der Waals surface area contributed by atoms with Crippen LogP contribution >= 0.6 is 11.8 Å². The molecule has 6 heteroatoms. The van der Waals surface area contributed by atoms with Crippen molar-refractivity contribution in [3.63, 3.8) is 0 Å². The average Bonchev–Trinajstić information content (AvgIpc) is 3.38. The second-order valence-corrected chi connectivity index (χ2v) is 8.43. The van der Waals surface area contributed by atoms with Gasteiger partial charge in [0.25, 0.3) is 5.22 Å². The molecule has 1 amide bonds. The molecule has 1 atom stereocenters. The van der Waals surface area contributed by atoms with Crippen molar-refractivity contribution in [2.75, 3.05) is 25.4 Å². The molecule has 2 aliphatic heterocycles. The maximum atomic E-state index is 12.7. The topological polar surface area (TPSA) is 49.6 Å². The van der Waals surface area contributed by atoms with Gasteiger partial charge in [0.2, 0.25) is 5.91 Å². The van der Waals surface area contributed by atoms with Crippen LogP contribution in [0.25, 0.3) is 11.1 Å². The van der Waals surface area contributed by atoms with E-state index in [4.69, 9.17) is 4.42 Å². The second kappa shape index (κ2) is 7.60. The van der Waals surface area contributed by atoms with Crippen molar-refractivity contribution < 1.29 is 9.21 Å². The average molecular weight is 394 g/mol. The Morgan fingerprint density at radius 2 is 1.93 bits per heavy atom. The van der Waals surface area contributed by atoms with E-state index in [0.29, 0.717) is 17.0 Å². The minimum Gasteiger partial charge on any atom is -0.431 e. The minimum atomic E-state index is 0.173. The molecule has 144 valence electrons. The molecule has 5 rings (SSSR count). The zero-order valence-electron chi connectivity index (χ0n) is 15.7. The van der Waals surface area contributed by atoms with Gasteiger partial charge in [-0.1, -0.05) is 48.2 Å². The number of thioether (sulfide) groups is 1. The van der Waals surface area contributed by atoms with Crippen molar-refractivity contribution in [2.45, 2.75) is 30.7 Å². The Morgan fingerprint density at radius 3 is 2.82 bits per heavy atom. The molecule has 2 aromatic carbocycles. The number of benzene rings is 2. The summed E-state index contributed by atoms with van der Waals surface area (Å²) in [5.74, 6) is 0.551. The second-order valence-electron chi connectivity index (χ2n) is 7.51. The van der Waals surface area contributed by atoms with Gasteiger partial charge in [0.15, 0.2) is 5.58 Å². The van der Waals surface area contributed by atoms with E-state index in [-0.39, 0.29) is 5.91 Å². The van der Waals surface area contributed by atoms with E-state index in [1.54, 1.807) is 0 Å². The summed E-state index contributed by atoms with van der Waals surface area (Å²) in [7, 11) is 0. The van der Waals surface area contributed by atoms with Crippen LogP contribution in [0.15, 0.2) is 58.2 Å². The van der Waals surface area contributed by atoms with Crippen molar-refractivity contribution in [1.82, 2.24) is 14.8 Å². The zero-order chi connectivity index (χ0) is 18.9. The summed E-state index contributed by atoms with van der Waals surface area (Å²) in [6.45, 7) is 3.76. The first kappa shape index (κ1) is 17.8. The fourth-order valence-corrected chi connectivity index (χ4v) is 4.96. The van der Waals surface area contributed by atoms with Crippen LogP contribution in [0.1, 0.15) is 17.5 Å². The third kappa shape index (κ3) is 3.54. The summed E-state index contributed by atoms with van der Waals surface area (Å²) < 4.78 is 5.70. The van der Waals surface area contributed by atoms with Crippen LogP contribution in [0, 0.1) is 0 Å². The summed E-state index contributed by atoms with van der Waals surface area (Å²) in [4.78, 5) is 21.7. The molecule has 5 nitrogen and oxygen atoms in total. The Balaban J connectivity index is 1.16. The van der Waals surface area contributed by atoms with E-state index in [2.05, 4.69) is 34.1 Å². The van der Waals surface area contributed by atoms with Gasteiger partial charge in [-0.3, -0.25) is 9.69 Å². The zero-order valence-corrected chi connectivity index (χ0v) is 16.5. The Kier molecular flexibility index (Phi) is 4.82. The molecule has 0 N–H and O–H groups in total. The molecule has 1 fully saturated rings. The highest BCUT2D eigenvalue weighted by molar-refractivity contribution is 7.99. The fourth-order valence-electron chi connectivity index (χ4n) is 4.22. The van der Waals surface area contributed by atoms with Gasteiger partial charge in [0.1, 0.15) is 5.52 Å². The number of hydrogen-bond donors (Lipinski definition) is 0. The lowest BCUT2D eigenvalue weighted by atomic mass is 9.98. The lowest BCUT2D eigenvalue weighted by molar-refractivity contribution is -0.127. The smallest absolute Gasteiger partial charge is 0.257 e. The molecule has 3 heterocycles. The Bertz CT molecular complexity index is 969. The summed E-state index contributed by atoms with van der Waals surface area (Å²) >= 11 is 1.39. The predicted octanol–water partition coefficient (Wildman–Crippen LogP) is 3.58. The van der Waals surface area contributed by atoms with E-state index in [1.165, 1.54) is 22.9 Å². The molecule has 0 spiro atoms. The maximum Gasteiger partial charge on any atom is 0.257 e. The highest BCUT2D eigenvalue weighted by Gasteiger charge is 2.32. The highest BCUT2D eigenvalue weighted by atomic mass is 32.2. The Labute approximate surface area is 168 Å². The van der Waals surface area contributed by atoms with Crippen LogP contribution in [0.5, 0.6) is 0 Å². The van der Waals surface area contributed by atoms with Crippen LogP contribution in [-0.4, -0.2) is 52.1 Å². The van der Waals surface area contributed by atoms with E-state index in [0.717, 1.165) is 50.1 Å². The van der Waals surface area contributed by atoms with Gasteiger partial charge in [-0.15, -0.1) is 0 Å². The molecular weight excluding hydrogens is 370 g/mol. The number of nitrogens with zero attached hydrogens (tertiary/aromatic N) is 3. The van der Waals surface area contributed by atoms with Crippen LogP contribution in [-0.2, 0) is 17.8 Å². The van der Waals surface area contributed by atoms with E-state index < -0.39 is 0 Å². The van der Waals surface area contributed by atoms with Crippen molar-refractivity contribution in [3.05, 3.63) is 59.7 Å². The summed E-state index contributed by atoms with van der Waals surface area (Å²) in [5.41, 5.74) is 4.51. The van der Waals surface area contributed by atoms with Crippen LogP contribution in [0.2, 0.25) is 0 Å². The number of carbonyl (C=O) groups excluding carboxylic acids is 1. The number of oxazole rings is 1. The standard InChI is InChI=1S/C22H23N3O2S/c26-21(15-28-22-23-19-7-3-4-8-20(19)27-22)25-12-10-18(14-25)24-11-9-16-5-1-2-6-17(16)13-24/h1-8,18H,9-15H2. The van der Waals surface area contributed by atoms with Crippen molar-refractivity contribution >= 4 is 28.8 Å². The van der Waals surface area contributed by atoms with Gasteiger partial charge in [-0.2, -0.15) is 0 Å². The quantitative estimate of drug-likeness (QED) is 0.634. The molecular formula is C22H23N3O2S. The molecule has 2 aliphatic rings. The van der Waals surface area contributed by atoms with E-state index >= 15 is 0 Å². The van der Waals surface area contributed by atoms with Crippen molar-refractivity contribution in [2.24, 2.45) is 0 Å². The van der Waals surface area contributed by atoms with Crippen LogP contribution < -0.4 is 0 Å². The number of aromatic nitrogens is 1. The third-order valence-corrected chi connectivity index (χ3v) is 6.60. The van der Waals surface area contributed by atoms with Gasteiger partial charge in [0.05, 0.1) is 5.75 Å². The Hall–Kier alpha value is -2.31. The summed E-state index contributed by atoms with van der Waals surface area (Å²) in [5, 5.41) is 0.568. The molecule has 0 bridgehead atoms. The van der Waals surface area contributed by atoms with Crippen LogP contribution in [0.4, 0.5) is 0 Å². The van der Waals surface area contributed by atoms with Gasteiger partial charge in [-0.05, 0) is 36.1 Å². The van der Waals surface area contributed by atoms with Gasteiger partial charge < -0.3 is 9.32 Å². The Morgan fingerprint density at radius 1 is 1.11 bits per heavy atom. The normalized spacial score (nSPS) is 19.9. The molecule has 1 saturated heterocycles. The lowest BCUT2D eigenvalue weighted by Gasteiger charge is -2.33. The largest absolute Gasteiger partial charge is 0.431 e. The number of fused-ring (bicyclic) bond motifs is 2. The molecule has 0 radical (unpaired) electrons. The van der Waals surface area contributed by atoms with E-state index in [9.17, 15) is 4.79 Å². The van der Waals surface area contributed by atoms with E-state index in [1.807, 2.05) is 29.2 Å². The number of rotatable bonds is 4. The number of amides is 1. The molecule has 0 saturated carbocycles. The number of para-hydroxylation sites is 2. The van der Waals surface area contributed by atoms with Crippen LogP contribution in [0.3, 0.4) is 0 Å². The first-order valence-corrected chi connectivity index (χ1v) is 10.8. The molecule has 28 heavy (non-hydrogen) atoms.